The summed E-state index contributed by atoms with van der Waals surface area (Å²) in [7, 11) is 0. The molecule has 1 aromatic heterocycles. The third kappa shape index (κ3) is 5.71. The number of rotatable bonds is 10. The summed E-state index contributed by atoms with van der Waals surface area (Å²) in [6, 6.07) is 8.15. The number of nitrogens with zero attached hydrogens (tertiary/aromatic N) is 1. The first-order chi connectivity index (χ1) is 16.1. The van der Waals surface area contributed by atoms with Gasteiger partial charge in [0.15, 0.2) is 0 Å². The molecule has 1 amide bonds. The fourth-order valence-electron chi connectivity index (χ4n) is 4.42. The van der Waals surface area contributed by atoms with Crippen LogP contribution in [0, 0.1) is 18.8 Å². The topological polar surface area (TPSA) is 91.6 Å². The number of aliphatic carboxylic acids is 1. The molecule has 6 heteroatoms. The van der Waals surface area contributed by atoms with Crippen LogP contribution in [0.15, 0.2) is 30.5 Å². The van der Waals surface area contributed by atoms with Crippen molar-refractivity contribution in [3.8, 4) is 11.8 Å². The van der Waals surface area contributed by atoms with Crippen molar-refractivity contribution >= 4 is 11.9 Å². The highest BCUT2D eigenvalue weighted by molar-refractivity contribution is 5.94. The summed E-state index contributed by atoms with van der Waals surface area (Å²) in [5.41, 5.74) is 3.30. The van der Waals surface area contributed by atoms with Crippen LogP contribution in [-0.4, -0.2) is 38.8 Å². The van der Waals surface area contributed by atoms with Crippen LogP contribution in [-0.2, 0) is 16.8 Å². The molecule has 0 fully saturated rings. The lowest BCUT2D eigenvalue weighted by Crippen LogP contribution is -2.30. The van der Waals surface area contributed by atoms with Crippen LogP contribution in [0.1, 0.15) is 93.0 Å². The molecule has 3 N–H and O–H groups in total. The van der Waals surface area contributed by atoms with Gasteiger partial charge in [-0.15, -0.1) is 0 Å². The Bertz CT molecular complexity index is 1080. The zero-order chi connectivity index (χ0) is 25.5. The monoisotopic (exact) mass is 466 g/mol. The Labute approximate surface area is 203 Å². The van der Waals surface area contributed by atoms with Gasteiger partial charge in [-0.25, -0.2) is 0 Å². The van der Waals surface area contributed by atoms with E-state index in [1.54, 1.807) is 0 Å². The minimum absolute atomic E-state index is 0.299. The number of aromatic nitrogens is 1. The van der Waals surface area contributed by atoms with E-state index < -0.39 is 24.0 Å². The molecule has 184 valence electrons. The molecule has 2 aromatic rings. The second kappa shape index (κ2) is 11.4. The van der Waals surface area contributed by atoms with E-state index in [0.29, 0.717) is 25.1 Å². The Morgan fingerprint density at radius 2 is 1.65 bits per heavy atom. The minimum Gasteiger partial charge on any atom is -0.480 e. The van der Waals surface area contributed by atoms with E-state index in [0.717, 1.165) is 35.1 Å². The number of carbonyl (C=O) groups excluding carboxylic acids is 1. The summed E-state index contributed by atoms with van der Waals surface area (Å²) in [5, 5.41) is 21.9. The summed E-state index contributed by atoms with van der Waals surface area (Å²) >= 11 is 0. The maximum Gasteiger partial charge on any atom is 0.322 e. The van der Waals surface area contributed by atoms with Gasteiger partial charge in [0.1, 0.15) is 17.8 Å². The molecule has 34 heavy (non-hydrogen) atoms. The summed E-state index contributed by atoms with van der Waals surface area (Å²) in [5.74, 6) is 4.74. The number of carboxylic acids is 1. The molecule has 0 bridgehead atoms. The standard InChI is InChI=1S/C28H38N2O4/c1-7-27(34,8-2)15-14-21-12-13-22(16-20(21)6)28(9-3,10-4)23-17-24(30(11-5)19-23)26(33)29-18-25(31)32/h12-13,16-17,19,34H,7-11,18H2,1-6H3,(H,29,33)(H,31,32). The lowest BCUT2D eigenvalue weighted by atomic mass is 9.71. The normalized spacial score (nSPS) is 11.6. The number of benzene rings is 1. The molecule has 0 aliphatic carbocycles. The molecule has 6 nitrogen and oxygen atoms in total. The lowest BCUT2D eigenvalue weighted by Gasteiger charge is -2.32. The van der Waals surface area contributed by atoms with E-state index in [2.05, 4.69) is 43.1 Å². The average Bonchev–Trinajstić information content (AvgIpc) is 3.28. The molecule has 0 unspecified atom stereocenters. The van der Waals surface area contributed by atoms with Gasteiger partial charge in [0.05, 0.1) is 0 Å². The van der Waals surface area contributed by atoms with Crippen LogP contribution in [0.4, 0.5) is 0 Å². The summed E-state index contributed by atoms with van der Waals surface area (Å²) in [6.45, 7) is 12.3. The van der Waals surface area contributed by atoms with Gasteiger partial charge >= 0.3 is 5.97 Å². The van der Waals surface area contributed by atoms with E-state index in [1.165, 1.54) is 0 Å². The Kier molecular flexibility index (Phi) is 9.12. The van der Waals surface area contributed by atoms with Crippen LogP contribution in [0.3, 0.4) is 0 Å². The van der Waals surface area contributed by atoms with Gasteiger partial charge in [0.25, 0.3) is 5.91 Å². The Morgan fingerprint density at radius 1 is 1.00 bits per heavy atom. The molecule has 0 saturated carbocycles. The van der Waals surface area contributed by atoms with E-state index in [1.807, 2.05) is 50.6 Å². The number of nitrogens with one attached hydrogen (secondary N) is 1. The molecule has 0 aliphatic heterocycles. The van der Waals surface area contributed by atoms with Gasteiger partial charge < -0.3 is 20.1 Å². The third-order valence-corrected chi connectivity index (χ3v) is 7.01. The Morgan fingerprint density at radius 3 is 2.15 bits per heavy atom. The third-order valence-electron chi connectivity index (χ3n) is 7.01. The number of hydrogen-bond acceptors (Lipinski definition) is 3. The number of carboxylic acid groups (broad SMARTS) is 1. The second-order valence-corrected chi connectivity index (χ2v) is 8.78. The van der Waals surface area contributed by atoms with Crippen molar-refractivity contribution in [2.24, 2.45) is 0 Å². The fraction of sp³-hybridized carbons (Fsp3) is 0.500. The number of aliphatic hydroxyl groups is 1. The number of carbonyl (C=O) groups is 2. The van der Waals surface area contributed by atoms with Crippen LogP contribution in [0.2, 0.25) is 0 Å². The Hall–Kier alpha value is -3.04. The first kappa shape index (κ1) is 27.2. The molecule has 2 rings (SSSR count). The van der Waals surface area contributed by atoms with Crippen molar-refractivity contribution in [1.29, 1.82) is 0 Å². The predicted octanol–water partition coefficient (Wildman–Crippen LogP) is 4.64. The molecular formula is C28H38N2O4. The fourth-order valence-corrected chi connectivity index (χ4v) is 4.42. The van der Waals surface area contributed by atoms with Gasteiger partial charge in [0, 0.05) is 23.7 Å². The number of hydrogen-bond donors (Lipinski definition) is 3. The van der Waals surface area contributed by atoms with Crippen molar-refractivity contribution in [2.45, 2.75) is 84.8 Å². The summed E-state index contributed by atoms with van der Waals surface area (Å²) in [4.78, 5) is 23.5. The number of amides is 1. The highest BCUT2D eigenvalue weighted by atomic mass is 16.4. The maximum absolute atomic E-state index is 12.7. The molecule has 0 aliphatic rings. The molecule has 0 saturated heterocycles. The molecule has 1 aromatic carbocycles. The van der Waals surface area contributed by atoms with Crippen LogP contribution in [0.25, 0.3) is 0 Å². The van der Waals surface area contributed by atoms with Gasteiger partial charge in [-0.1, -0.05) is 51.7 Å². The van der Waals surface area contributed by atoms with Crippen LogP contribution >= 0.6 is 0 Å². The van der Waals surface area contributed by atoms with Crippen molar-refractivity contribution in [1.82, 2.24) is 9.88 Å². The Balaban J connectivity index is 2.51. The summed E-state index contributed by atoms with van der Waals surface area (Å²) in [6.07, 6.45) is 4.85. The van der Waals surface area contributed by atoms with Crippen molar-refractivity contribution < 1.29 is 19.8 Å². The maximum atomic E-state index is 12.7. The highest BCUT2D eigenvalue weighted by Crippen LogP contribution is 2.40. The minimum atomic E-state index is -1.07. The van der Waals surface area contributed by atoms with Gasteiger partial charge in [-0.05, 0) is 68.4 Å². The quantitative estimate of drug-likeness (QED) is 0.445. The van der Waals surface area contributed by atoms with Gasteiger partial charge in [-0.2, -0.15) is 0 Å². The van der Waals surface area contributed by atoms with Crippen molar-refractivity contribution in [2.75, 3.05) is 6.54 Å². The largest absolute Gasteiger partial charge is 0.480 e. The SMILES string of the molecule is CCn1cc(C(CC)(CC)c2ccc(C#CC(O)(CC)CC)c(C)c2)cc1C(=O)NCC(=O)O. The zero-order valence-corrected chi connectivity index (χ0v) is 21.3. The van der Waals surface area contributed by atoms with E-state index in [4.69, 9.17) is 5.11 Å². The number of aryl methyl sites for hydroxylation is 2. The van der Waals surface area contributed by atoms with Crippen molar-refractivity contribution in [3.63, 3.8) is 0 Å². The zero-order valence-electron chi connectivity index (χ0n) is 21.3. The summed E-state index contributed by atoms with van der Waals surface area (Å²) < 4.78 is 1.87. The smallest absolute Gasteiger partial charge is 0.322 e. The first-order valence-corrected chi connectivity index (χ1v) is 12.2. The lowest BCUT2D eigenvalue weighted by molar-refractivity contribution is -0.135. The van der Waals surface area contributed by atoms with E-state index >= 15 is 0 Å². The van der Waals surface area contributed by atoms with E-state index in [-0.39, 0.29) is 5.41 Å². The molecule has 0 radical (unpaired) electrons. The molecule has 0 spiro atoms. The van der Waals surface area contributed by atoms with Gasteiger partial charge in [-0.3, -0.25) is 9.59 Å². The molecule has 1 heterocycles. The van der Waals surface area contributed by atoms with E-state index in [9.17, 15) is 14.7 Å². The molecule has 0 atom stereocenters. The predicted molar refractivity (Wildman–Crippen MR) is 135 cm³/mol. The van der Waals surface area contributed by atoms with Gasteiger partial charge in [0.2, 0.25) is 0 Å². The van der Waals surface area contributed by atoms with Crippen molar-refractivity contribution in [3.05, 3.63) is 58.4 Å². The molecular weight excluding hydrogens is 428 g/mol. The van der Waals surface area contributed by atoms with Crippen LogP contribution < -0.4 is 5.32 Å². The first-order valence-electron chi connectivity index (χ1n) is 12.2. The van der Waals surface area contributed by atoms with Crippen LogP contribution in [0.5, 0.6) is 0 Å². The average molecular weight is 467 g/mol. The second-order valence-electron chi connectivity index (χ2n) is 8.78. The highest BCUT2D eigenvalue weighted by Gasteiger charge is 2.33.